The van der Waals surface area contributed by atoms with E-state index in [-0.39, 0.29) is 11.1 Å². The van der Waals surface area contributed by atoms with E-state index in [4.69, 9.17) is 16.3 Å². The second-order valence-corrected chi connectivity index (χ2v) is 5.03. The monoisotopic (exact) mass is 293 g/mol. The molecule has 0 bridgehead atoms. The van der Waals surface area contributed by atoms with Gasteiger partial charge in [0.05, 0.1) is 5.02 Å². The molecule has 0 aliphatic heterocycles. The maximum absolute atomic E-state index is 13.1. The Bertz CT molecular complexity index is 588. The summed E-state index contributed by atoms with van der Waals surface area (Å²) in [6.45, 7) is 2.44. The third kappa shape index (κ3) is 3.71. The molecule has 1 atom stereocenters. The van der Waals surface area contributed by atoms with Crippen molar-refractivity contribution in [3.8, 4) is 5.75 Å². The molecule has 0 saturated heterocycles. The van der Waals surface area contributed by atoms with E-state index in [1.54, 1.807) is 12.1 Å². The number of hydrogen-bond donors (Lipinski definition) is 1. The highest BCUT2D eigenvalue weighted by Crippen LogP contribution is 2.21. The van der Waals surface area contributed by atoms with Crippen LogP contribution in [0.3, 0.4) is 0 Å². The molecule has 0 fully saturated rings. The molecule has 0 heterocycles. The molecule has 0 amide bonds. The number of halogens is 2. The minimum Gasteiger partial charge on any atom is -0.489 e. The maximum atomic E-state index is 13.1. The summed E-state index contributed by atoms with van der Waals surface area (Å²) in [6.07, 6.45) is 0. The fourth-order valence-electron chi connectivity index (χ4n) is 1.84. The van der Waals surface area contributed by atoms with Gasteiger partial charge >= 0.3 is 0 Å². The van der Waals surface area contributed by atoms with Crippen molar-refractivity contribution < 1.29 is 9.13 Å². The van der Waals surface area contributed by atoms with Crippen molar-refractivity contribution in [2.24, 2.45) is 0 Å². The third-order valence-corrected chi connectivity index (χ3v) is 3.47. The van der Waals surface area contributed by atoms with Crippen LogP contribution in [0.5, 0.6) is 5.75 Å². The molecule has 2 aromatic rings. The standard InChI is InChI=1S/C16H17ClFNO/c1-11(19-2)13-4-3-5-14(9-13)20-10-12-6-7-16(18)15(17)8-12/h3-9,11,19H,10H2,1-2H3. The minimum atomic E-state index is -0.416. The van der Waals surface area contributed by atoms with Crippen LogP contribution in [0, 0.1) is 5.82 Å². The van der Waals surface area contributed by atoms with Gasteiger partial charge in [-0.2, -0.15) is 0 Å². The third-order valence-electron chi connectivity index (χ3n) is 3.18. The Hall–Kier alpha value is -1.58. The Labute approximate surface area is 123 Å². The predicted octanol–water partition coefficient (Wildman–Crippen LogP) is 4.34. The second kappa shape index (κ2) is 6.73. The average Bonchev–Trinajstić information content (AvgIpc) is 2.48. The van der Waals surface area contributed by atoms with Crippen molar-refractivity contribution in [2.75, 3.05) is 7.05 Å². The van der Waals surface area contributed by atoms with E-state index in [1.165, 1.54) is 6.07 Å². The molecule has 0 radical (unpaired) electrons. The minimum absolute atomic E-state index is 0.114. The number of rotatable bonds is 5. The average molecular weight is 294 g/mol. The largest absolute Gasteiger partial charge is 0.489 e. The Morgan fingerprint density at radius 2 is 2.05 bits per heavy atom. The summed E-state index contributed by atoms with van der Waals surface area (Å²) in [5.74, 6) is 0.366. The molecule has 0 aliphatic rings. The second-order valence-electron chi connectivity index (χ2n) is 4.62. The van der Waals surface area contributed by atoms with E-state index in [9.17, 15) is 4.39 Å². The van der Waals surface area contributed by atoms with Gasteiger partial charge in [0.2, 0.25) is 0 Å². The number of benzene rings is 2. The molecule has 0 aromatic heterocycles. The summed E-state index contributed by atoms with van der Waals surface area (Å²) >= 11 is 5.74. The lowest BCUT2D eigenvalue weighted by Crippen LogP contribution is -2.12. The van der Waals surface area contributed by atoms with Gasteiger partial charge in [0.25, 0.3) is 0 Å². The van der Waals surface area contributed by atoms with Crippen LogP contribution in [0.2, 0.25) is 5.02 Å². The number of hydrogen-bond acceptors (Lipinski definition) is 2. The zero-order chi connectivity index (χ0) is 14.5. The van der Waals surface area contributed by atoms with Crippen LogP contribution in [0.1, 0.15) is 24.1 Å². The fraction of sp³-hybridized carbons (Fsp3) is 0.250. The Kier molecular flexibility index (Phi) is 4.99. The molecule has 0 spiro atoms. The smallest absolute Gasteiger partial charge is 0.141 e. The van der Waals surface area contributed by atoms with Crippen LogP contribution in [0.15, 0.2) is 42.5 Å². The molecule has 4 heteroatoms. The number of ether oxygens (including phenoxy) is 1. The van der Waals surface area contributed by atoms with Crippen LogP contribution in [0.4, 0.5) is 4.39 Å². The first-order valence-electron chi connectivity index (χ1n) is 6.44. The van der Waals surface area contributed by atoms with Gasteiger partial charge in [0, 0.05) is 6.04 Å². The van der Waals surface area contributed by atoms with E-state index < -0.39 is 5.82 Å². The first-order chi connectivity index (χ1) is 9.60. The van der Waals surface area contributed by atoms with Gasteiger partial charge in [-0.1, -0.05) is 29.8 Å². The zero-order valence-corrected chi connectivity index (χ0v) is 12.2. The van der Waals surface area contributed by atoms with Crippen LogP contribution in [-0.2, 0) is 6.61 Å². The lowest BCUT2D eigenvalue weighted by atomic mass is 10.1. The van der Waals surface area contributed by atoms with E-state index in [0.717, 1.165) is 16.9 Å². The highest BCUT2D eigenvalue weighted by molar-refractivity contribution is 6.30. The van der Waals surface area contributed by atoms with E-state index in [0.29, 0.717) is 6.61 Å². The van der Waals surface area contributed by atoms with Crippen LogP contribution >= 0.6 is 11.6 Å². The molecule has 2 aromatic carbocycles. The molecule has 1 N–H and O–H groups in total. The summed E-state index contributed by atoms with van der Waals surface area (Å²) in [5.41, 5.74) is 1.99. The van der Waals surface area contributed by atoms with Crippen molar-refractivity contribution in [3.05, 3.63) is 64.4 Å². The quantitative estimate of drug-likeness (QED) is 0.885. The topological polar surface area (TPSA) is 21.3 Å². The Morgan fingerprint density at radius 3 is 2.75 bits per heavy atom. The molecule has 106 valence electrons. The summed E-state index contributed by atoms with van der Waals surface area (Å²) < 4.78 is 18.8. The van der Waals surface area contributed by atoms with E-state index in [1.807, 2.05) is 31.3 Å². The fourth-order valence-corrected chi connectivity index (χ4v) is 2.04. The van der Waals surface area contributed by atoms with Gasteiger partial charge in [-0.3, -0.25) is 0 Å². The highest BCUT2D eigenvalue weighted by Gasteiger charge is 2.05. The van der Waals surface area contributed by atoms with Gasteiger partial charge in [-0.25, -0.2) is 4.39 Å². The van der Waals surface area contributed by atoms with Gasteiger partial charge in [-0.05, 0) is 49.4 Å². The number of nitrogens with one attached hydrogen (secondary N) is 1. The predicted molar refractivity (Wildman–Crippen MR) is 79.7 cm³/mol. The molecule has 20 heavy (non-hydrogen) atoms. The van der Waals surface area contributed by atoms with Gasteiger partial charge in [0.15, 0.2) is 0 Å². The van der Waals surface area contributed by atoms with Crippen molar-refractivity contribution in [3.63, 3.8) is 0 Å². The summed E-state index contributed by atoms with van der Waals surface area (Å²) in [4.78, 5) is 0. The van der Waals surface area contributed by atoms with E-state index in [2.05, 4.69) is 12.2 Å². The molecule has 0 aliphatic carbocycles. The first-order valence-corrected chi connectivity index (χ1v) is 6.82. The molecule has 2 nitrogen and oxygen atoms in total. The zero-order valence-electron chi connectivity index (χ0n) is 11.5. The van der Waals surface area contributed by atoms with E-state index >= 15 is 0 Å². The van der Waals surface area contributed by atoms with Gasteiger partial charge in [0.1, 0.15) is 18.2 Å². The summed E-state index contributed by atoms with van der Waals surface area (Å²) in [7, 11) is 1.92. The SMILES string of the molecule is CNC(C)c1cccc(OCc2ccc(F)c(Cl)c2)c1. The van der Waals surface area contributed by atoms with Gasteiger partial charge in [-0.15, -0.1) is 0 Å². The van der Waals surface area contributed by atoms with Crippen molar-refractivity contribution >= 4 is 11.6 Å². The lowest BCUT2D eigenvalue weighted by molar-refractivity contribution is 0.305. The van der Waals surface area contributed by atoms with Crippen molar-refractivity contribution in [1.82, 2.24) is 5.32 Å². The van der Waals surface area contributed by atoms with Crippen molar-refractivity contribution in [1.29, 1.82) is 0 Å². The summed E-state index contributed by atoms with van der Waals surface area (Å²) in [5, 5.41) is 3.30. The maximum Gasteiger partial charge on any atom is 0.141 e. The first kappa shape index (κ1) is 14.8. The molecule has 2 rings (SSSR count). The van der Waals surface area contributed by atoms with Crippen LogP contribution < -0.4 is 10.1 Å². The highest BCUT2D eigenvalue weighted by atomic mass is 35.5. The molecular weight excluding hydrogens is 277 g/mol. The molecular formula is C16H17ClFNO. The Balaban J connectivity index is 2.05. The van der Waals surface area contributed by atoms with Crippen molar-refractivity contribution in [2.45, 2.75) is 19.6 Å². The normalized spacial score (nSPS) is 12.2. The molecule has 0 saturated carbocycles. The lowest BCUT2D eigenvalue weighted by Gasteiger charge is -2.13. The van der Waals surface area contributed by atoms with Crippen LogP contribution in [0.25, 0.3) is 0 Å². The Morgan fingerprint density at radius 1 is 1.25 bits per heavy atom. The van der Waals surface area contributed by atoms with Crippen LogP contribution in [-0.4, -0.2) is 7.05 Å². The molecule has 1 unspecified atom stereocenters. The summed E-state index contributed by atoms with van der Waals surface area (Å²) in [6, 6.07) is 12.7. The van der Waals surface area contributed by atoms with Gasteiger partial charge < -0.3 is 10.1 Å².